The number of nitrogens with zero attached hydrogens (tertiary/aromatic N) is 1. The largest absolute Gasteiger partial charge is 0.478 e. The van der Waals surface area contributed by atoms with E-state index in [-0.39, 0.29) is 17.5 Å². The fourth-order valence-electron chi connectivity index (χ4n) is 2.94. The van der Waals surface area contributed by atoms with Gasteiger partial charge in [0.1, 0.15) is 0 Å². The fourth-order valence-corrected chi connectivity index (χ4v) is 2.94. The number of nitrogens with one attached hydrogen (secondary N) is 1. The first-order chi connectivity index (χ1) is 9.88. The fraction of sp³-hybridized carbons (Fsp3) is 0.500. The second-order valence-corrected chi connectivity index (χ2v) is 6.61. The van der Waals surface area contributed by atoms with Crippen molar-refractivity contribution >= 4 is 12.0 Å². The Morgan fingerprint density at radius 1 is 1.38 bits per heavy atom. The lowest BCUT2D eigenvalue weighted by Crippen LogP contribution is -2.44. The van der Waals surface area contributed by atoms with Crippen molar-refractivity contribution in [1.29, 1.82) is 0 Å². The maximum atomic E-state index is 12.3. The van der Waals surface area contributed by atoms with Crippen molar-refractivity contribution in [3.05, 3.63) is 34.9 Å². The summed E-state index contributed by atoms with van der Waals surface area (Å²) in [6, 6.07) is 5.49. The number of fused-ring (bicyclic) bond motifs is 1. The van der Waals surface area contributed by atoms with E-state index in [9.17, 15) is 14.7 Å². The molecule has 0 radical (unpaired) electrons. The Labute approximate surface area is 123 Å². The number of benzene rings is 1. The minimum Gasteiger partial charge on any atom is -0.478 e. The van der Waals surface area contributed by atoms with E-state index in [0.29, 0.717) is 25.1 Å². The highest BCUT2D eigenvalue weighted by Crippen LogP contribution is 2.44. The summed E-state index contributed by atoms with van der Waals surface area (Å²) >= 11 is 0. The van der Waals surface area contributed by atoms with Crippen LogP contribution >= 0.6 is 0 Å². The van der Waals surface area contributed by atoms with Crippen LogP contribution in [0, 0.1) is 5.41 Å². The van der Waals surface area contributed by atoms with Crippen molar-refractivity contribution in [3.63, 3.8) is 0 Å². The van der Waals surface area contributed by atoms with E-state index in [1.807, 2.05) is 6.07 Å². The van der Waals surface area contributed by atoms with Gasteiger partial charge in [-0.25, -0.2) is 9.59 Å². The van der Waals surface area contributed by atoms with E-state index in [1.165, 1.54) is 0 Å². The van der Waals surface area contributed by atoms with Gasteiger partial charge in [0.05, 0.1) is 5.56 Å². The van der Waals surface area contributed by atoms with E-state index in [4.69, 9.17) is 0 Å². The van der Waals surface area contributed by atoms with Gasteiger partial charge in [-0.05, 0) is 35.4 Å². The van der Waals surface area contributed by atoms with Gasteiger partial charge in [-0.2, -0.15) is 0 Å². The zero-order valence-electron chi connectivity index (χ0n) is 12.3. The van der Waals surface area contributed by atoms with Gasteiger partial charge in [0.2, 0.25) is 0 Å². The highest BCUT2D eigenvalue weighted by molar-refractivity contribution is 5.90. The third kappa shape index (κ3) is 2.60. The van der Waals surface area contributed by atoms with Crippen LogP contribution in [0.5, 0.6) is 0 Å². The summed E-state index contributed by atoms with van der Waals surface area (Å²) in [5, 5.41) is 12.3. The second-order valence-electron chi connectivity index (χ2n) is 6.61. The first-order valence-electron chi connectivity index (χ1n) is 7.28. The predicted molar refractivity (Wildman–Crippen MR) is 78.2 cm³/mol. The molecule has 1 heterocycles. The highest BCUT2D eigenvalue weighted by atomic mass is 16.4. The van der Waals surface area contributed by atoms with Crippen LogP contribution in [-0.2, 0) is 13.0 Å². The van der Waals surface area contributed by atoms with Crippen LogP contribution in [0.1, 0.15) is 41.8 Å². The zero-order valence-corrected chi connectivity index (χ0v) is 12.3. The molecule has 5 heteroatoms. The van der Waals surface area contributed by atoms with E-state index in [1.54, 1.807) is 17.0 Å². The molecule has 1 aromatic rings. The van der Waals surface area contributed by atoms with Crippen molar-refractivity contribution in [2.24, 2.45) is 5.41 Å². The van der Waals surface area contributed by atoms with E-state index in [2.05, 4.69) is 19.2 Å². The van der Waals surface area contributed by atoms with Crippen LogP contribution in [0.4, 0.5) is 4.79 Å². The minimum absolute atomic E-state index is 0.0445. The van der Waals surface area contributed by atoms with Gasteiger partial charge in [-0.15, -0.1) is 0 Å². The number of carboxylic acid groups (broad SMARTS) is 1. The van der Waals surface area contributed by atoms with Crippen molar-refractivity contribution in [2.45, 2.75) is 39.3 Å². The molecule has 1 fully saturated rings. The molecule has 1 unspecified atom stereocenters. The average molecular weight is 288 g/mol. The number of carbonyl (C=O) groups is 2. The topological polar surface area (TPSA) is 69.6 Å². The average Bonchev–Trinajstić information content (AvgIpc) is 3.04. The summed E-state index contributed by atoms with van der Waals surface area (Å²) in [5.41, 5.74) is 2.36. The van der Waals surface area contributed by atoms with Gasteiger partial charge in [0.25, 0.3) is 0 Å². The molecular weight excluding hydrogens is 268 g/mol. The third-order valence-corrected chi connectivity index (χ3v) is 4.59. The van der Waals surface area contributed by atoms with Gasteiger partial charge < -0.3 is 15.3 Å². The molecule has 2 aliphatic rings. The molecule has 1 atom stereocenters. The summed E-state index contributed by atoms with van der Waals surface area (Å²) in [7, 11) is 0. The van der Waals surface area contributed by atoms with Crippen molar-refractivity contribution < 1.29 is 14.7 Å². The van der Waals surface area contributed by atoms with Crippen LogP contribution in [0.15, 0.2) is 18.2 Å². The van der Waals surface area contributed by atoms with Crippen LogP contribution in [-0.4, -0.2) is 34.6 Å². The smallest absolute Gasteiger partial charge is 0.335 e. The summed E-state index contributed by atoms with van der Waals surface area (Å²) in [4.78, 5) is 25.3. The summed E-state index contributed by atoms with van der Waals surface area (Å²) in [6.07, 6.45) is 1.62. The Morgan fingerprint density at radius 2 is 2.10 bits per heavy atom. The molecule has 0 bridgehead atoms. The lowest BCUT2D eigenvalue weighted by atomic mass is 9.94. The summed E-state index contributed by atoms with van der Waals surface area (Å²) in [5.74, 6) is -0.899. The molecule has 1 aliphatic carbocycles. The third-order valence-electron chi connectivity index (χ3n) is 4.59. The maximum Gasteiger partial charge on any atom is 0.335 e. The Morgan fingerprint density at radius 3 is 2.71 bits per heavy atom. The number of aromatic carboxylic acids is 1. The van der Waals surface area contributed by atoms with Crippen LogP contribution in [0.3, 0.4) is 0 Å². The molecule has 0 aromatic heterocycles. The van der Waals surface area contributed by atoms with Gasteiger partial charge in [0.15, 0.2) is 0 Å². The first-order valence-corrected chi connectivity index (χ1v) is 7.28. The Hall–Kier alpha value is -2.04. The summed E-state index contributed by atoms with van der Waals surface area (Å²) in [6.45, 7) is 5.33. The number of rotatable bonds is 2. The molecule has 1 aliphatic heterocycles. The number of carbonyl (C=O) groups excluding carboxylic acids is 1. The van der Waals surface area contributed by atoms with Crippen LogP contribution in [0.2, 0.25) is 0 Å². The Kier molecular flexibility index (Phi) is 3.15. The van der Waals surface area contributed by atoms with Crippen molar-refractivity contribution in [3.8, 4) is 0 Å². The molecule has 3 rings (SSSR count). The summed E-state index contributed by atoms with van der Waals surface area (Å²) < 4.78 is 0. The first kappa shape index (κ1) is 13.9. The molecule has 112 valence electrons. The lowest BCUT2D eigenvalue weighted by Gasteiger charge is -2.30. The molecule has 0 spiro atoms. The molecule has 21 heavy (non-hydrogen) atoms. The van der Waals surface area contributed by atoms with Gasteiger partial charge in [-0.1, -0.05) is 26.0 Å². The van der Waals surface area contributed by atoms with E-state index < -0.39 is 5.97 Å². The molecule has 0 saturated heterocycles. The number of hydrogen-bond donors (Lipinski definition) is 2. The molecule has 1 aromatic carbocycles. The number of hydrogen-bond acceptors (Lipinski definition) is 2. The van der Waals surface area contributed by atoms with Crippen LogP contribution < -0.4 is 5.32 Å². The number of amides is 2. The standard InChI is InChI=1S/C16H20N2O3/c1-16(2)8-13(16)17-15(21)18-7-6-11-10(9-18)4-3-5-12(11)14(19)20/h3-5,13H,6-9H2,1-2H3,(H,17,21)(H,19,20). The van der Waals surface area contributed by atoms with E-state index >= 15 is 0 Å². The van der Waals surface area contributed by atoms with E-state index in [0.717, 1.165) is 17.5 Å². The molecule has 2 N–H and O–H groups in total. The monoisotopic (exact) mass is 288 g/mol. The zero-order chi connectivity index (χ0) is 15.2. The minimum atomic E-state index is -0.899. The Bertz CT molecular complexity index is 610. The predicted octanol–water partition coefficient (Wildman–Crippen LogP) is 2.25. The quantitative estimate of drug-likeness (QED) is 0.877. The van der Waals surface area contributed by atoms with Crippen molar-refractivity contribution in [2.75, 3.05) is 6.54 Å². The van der Waals surface area contributed by atoms with Gasteiger partial charge in [0, 0.05) is 19.1 Å². The normalized spacial score (nSPS) is 22.4. The molecule has 5 nitrogen and oxygen atoms in total. The van der Waals surface area contributed by atoms with Gasteiger partial charge >= 0.3 is 12.0 Å². The molecule has 1 saturated carbocycles. The van der Waals surface area contributed by atoms with Gasteiger partial charge in [-0.3, -0.25) is 0 Å². The number of carboxylic acids is 1. The molecule has 2 amide bonds. The molecular formula is C16H20N2O3. The van der Waals surface area contributed by atoms with Crippen LogP contribution in [0.25, 0.3) is 0 Å². The number of urea groups is 1. The Balaban J connectivity index is 1.71. The second kappa shape index (κ2) is 4.76. The van der Waals surface area contributed by atoms with Crippen molar-refractivity contribution in [1.82, 2.24) is 10.2 Å². The SMILES string of the molecule is CC1(C)CC1NC(=O)N1CCc2c(cccc2C(=O)O)C1. The highest BCUT2D eigenvalue weighted by Gasteiger charge is 2.47. The maximum absolute atomic E-state index is 12.3. The lowest BCUT2D eigenvalue weighted by molar-refractivity contribution is 0.0695.